The van der Waals surface area contributed by atoms with E-state index in [2.05, 4.69) is 5.32 Å². The number of carboxylic acids is 1. The summed E-state index contributed by atoms with van der Waals surface area (Å²) < 4.78 is 5.14. The second kappa shape index (κ2) is 8.79. The van der Waals surface area contributed by atoms with E-state index in [4.69, 9.17) is 9.84 Å². The number of hydrogen-bond donors (Lipinski definition) is 2. The Kier molecular flexibility index (Phi) is 7.36. The van der Waals surface area contributed by atoms with Gasteiger partial charge in [0.25, 0.3) is 0 Å². The molecule has 2 N–H and O–H groups in total. The van der Waals surface area contributed by atoms with Gasteiger partial charge in [0, 0.05) is 39.3 Å². The van der Waals surface area contributed by atoms with Crippen molar-refractivity contribution >= 4 is 12.0 Å². The first kappa shape index (κ1) is 16.8. The lowest BCUT2D eigenvalue weighted by molar-refractivity contribution is -0.137. The minimum absolute atomic E-state index is 0.0125. The van der Waals surface area contributed by atoms with Gasteiger partial charge in [-0.1, -0.05) is 0 Å². The standard InChI is InChI=1S/C14H26N2O4/c1-11(4-3-5-13(17)18)15-14(19)16-8-6-12(7-9-16)10-20-2/h11-12H,3-10H2,1-2H3,(H,15,19)(H,17,18). The van der Waals surface area contributed by atoms with E-state index in [9.17, 15) is 9.59 Å². The third-order valence-electron chi connectivity index (χ3n) is 3.70. The lowest BCUT2D eigenvalue weighted by Gasteiger charge is -2.32. The van der Waals surface area contributed by atoms with Crippen LogP contribution < -0.4 is 5.32 Å². The van der Waals surface area contributed by atoms with E-state index in [0.29, 0.717) is 18.8 Å². The van der Waals surface area contributed by atoms with Gasteiger partial charge in [0.1, 0.15) is 0 Å². The quantitative estimate of drug-likeness (QED) is 0.746. The minimum Gasteiger partial charge on any atom is -0.481 e. The van der Waals surface area contributed by atoms with Crippen molar-refractivity contribution in [3.8, 4) is 0 Å². The summed E-state index contributed by atoms with van der Waals surface area (Å²) in [5, 5.41) is 11.5. The Balaban J connectivity index is 2.20. The van der Waals surface area contributed by atoms with Crippen LogP contribution in [0.15, 0.2) is 0 Å². The van der Waals surface area contributed by atoms with Crippen LogP contribution in [-0.4, -0.2) is 54.9 Å². The third-order valence-corrected chi connectivity index (χ3v) is 3.70. The van der Waals surface area contributed by atoms with E-state index in [-0.39, 0.29) is 18.5 Å². The summed E-state index contributed by atoms with van der Waals surface area (Å²) in [6.07, 6.45) is 3.40. The molecule has 0 aromatic carbocycles. The summed E-state index contributed by atoms with van der Waals surface area (Å²) in [5.74, 6) is -0.235. The summed E-state index contributed by atoms with van der Waals surface area (Å²) in [5.41, 5.74) is 0. The van der Waals surface area contributed by atoms with Crippen LogP contribution in [0.4, 0.5) is 4.79 Å². The number of amides is 2. The van der Waals surface area contributed by atoms with Gasteiger partial charge < -0.3 is 20.1 Å². The maximum Gasteiger partial charge on any atom is 0.317 e. The Morgan fingerprint density at radius 1 is 1.40 bits per heavy atom. The molecule has 20 heavy (non-hydrogen) atoms. The number of carboxylic acid groups (broad SMARTS) is 1. The molecule has 1 atom stereocenters. The predicted molar refractivity (Wildman–Crippen MR) is 75.7 cm³/mol. The highest BCUT2D eigenvalue weighted by Gasteiger charge is 2.23. The average Bonchev–Trinajstić information content (AvgIpc) is 2.39. The van der Waals surface area contributed by atoms with Gasteiger partial charge >= 0.3 is 12.0 Å². The van der Waals surface area contributed by atoms with E-state index in [1.54, 1.807) is 7.11 Å². The van der Waals surface area contributed by atoms with Crippen LogP contribution >= 0.6 is 0 Å². The Morgan fingerprint density at radius 3 is 2.60 bits per heavy atom. The number of hydrogen-bond acceptors (Lipinski definition) is 3. The van der Waals surface area contributed by atoms with Crippen molar-refractivity contribution in [2.24, 2.45) is 5.92 Å². The van der Waals surface area contributed by atoms with Crippen LogP contribution in [0.5, 0.6) is 0 Å². The molecular formula is C14H26N2O4. The molecule has 0 aliphatic carbocycles. The first-order chi connectivity index (χ1) is 9.52. The molecule has 0 bridgehead atoms. The number of nitrogens with one attached hydrogen (secondary N) is 1. The van der Waals surface area contributed by atoms with Crippen molar-refractivity contribution in [1.29, 1.82) is 0 Å². The maximum atomic E-state index is 12.0. The number of piperidine rings is 1. The number of urea groups is 1. The molecule has 1 rings (SSSR count). The number of carbonyl (C=O) groups is 2. The molecule has 0 radical (unpaired) electrons. The fraction of sp³-hybridized carbons (Fsp3) is 0.857. The molecular weight excluding hydrogens is 260 g/mol. The van der Waals surface area contributed by atoms with Crippen molar-refractivity contribution in [3.05, 3.63) is 0 Å². The number of ether oxygens (including phenoxy) is 1. The van der Waals surface area contributed by atoms with Crippen molar-refractivity contribution in [1.82, 2.24) is 10.2 Å². The van der Waals surface area contributed by atoms with E-state index < -0.39 is 5.97 Å². The summed E-state index contributed by atoms with van der Waals surface area (Å²) in [4.78, 5) is 24.3. The van der Waals surface area contributed by atoms with Crippen LogP contribution in [-0.2, 0) is 9.53 Å². The van der Waals surface area contributed by atoms with Crippen LogP contribution in [0.25, 0.3) is 0 Å². The molecule has 0 spiro atoms. The molecule has 0 aromatic rings. The number of methoxy groups -OCH3 is 1. The Morgan fingerprint density at radius 2 is 2.05 bits per heavy atom. The van der Waals surface area contributed by atoms with Crippen LogP contribution in [0.1, 0.15) is 39.0 Å². The highest BCUT2D eigenvalue weighted by Crippen LogP contribution is 2.17. The van der Waals surface area contributed by atoms with Gasteiger partial charge in [-0.15, -0.1) is 0 Å². The summed E-state index contributed by atoms with van der Waals surface area (Å²) in [6, 6.07) is -0.0257. The fourth-order valence-electron chi connectivity index (χ4n) is 2.47. The normalized spacial score (nSPS) is 17.8. The van der Waals surface area contributed by atoms with Gasteiger partial charge in [0.15, 0.2) is 0 Å². The highest BCUT2D eigenvalue weighted by atomic mass is 16.5. The van der Waals surface area contributed by atoms with E-state index in [1.165, 1.54) is 0 Å². The number of aliphatic carboxylic acids is 1. The maximum absolute atomic E-state index is 12.0. The summed E-state index contributed by atoms with van der Waals surface area (Å²) >= 11 is 0. The first-order valence-corrected chi connectivity index (χ1v) is 7.29. The zero-order chi connectivity index (χ0) is 15.0. The molecule has 0 saturated carbocycles. The van der Waals surface area contributed by atoms with Crippen LogP contribution in [0.2, 0.25) is 0 Å². The van der Waals surface area contributed by atoms with Gasteiger partial charge in [-0.3, -0.25) is 4.79 Å². The molecule has 1 unspecified atom stereocenters. The highest BCUT2D eigenvalue weighted by molar-refractivity contribution is 5.74. The topological polar surface area (TPSA) is 78.9 Å². The van der Waals surface area contributed by atoms with Gasteiger partial charge in [-0.25, -0.2) is 4.79 Å². The lowest BCUT2D eigenvalue weighted by atomic mass is 9.98. The second-order valence-electron chi connectivity index (χ2n) is 5.52. The molecule has 1 heterocycles. The van der Waals surface area contributed by atoms with Crippen LogP contribution in [0.3, 0.4) is 0 Å². The number of nitrogens with zero attached hydrogens (tertiary/aromatic N) is 1. The van der Waals surface area contributed by atoms with Gasteiger partial charge in [-0.2, -0.15) is 0 Å². The Labute approximate surface area is 120 Å². The van der Waals surface area contributed by atoms with Gasteiger partial charge in [-0.05, 0) is 38.5 Å². The Hall–Kier alpha value is -1.30. The molecule has 1 fully saturated rings. The molecule has 2 amide bonds. The smallest absolute Gasteiger partial charge is 0.317 e. The zero-order valence-electron chi connectivity index (χ0n) is 12.4. The van der Waals surface area contributed by atoms with Gasteiger partial charge in [0.05, 0.1) is 0 Å². The molecule has 1 aliphatic rings. The summed E-state index contributed by atoms with van der Waals surface area (Å²) in [7, 11) is 1.71. The molecule has 1 aliphatic heterocycles. The largest absolute Gasteiger partial charge is 0.481 e. The van der Waals surface area contributed by atoms with E-state index in [1.807, 2.05) is 11.8 Å². The molecule has 1 saturated heterocycles. The minimum atomic E-state index is -0.788. The fourth-order valence-corrected chi connectivity index (χ4v) is 2.47. The third kappa shape index (κ3) is 6.23. The van der Waals surface area contributed by atoms with Crippen molar-refractivity contribution in [2.45, 2.75) is 45.1 Å². The van der Waals surface area contributed by atoms with E-state index >= 15 is 0 Å². The van der Waals surface area contributed by atoms with E-state index in [0.717, 1.165) is 32.5 Å². The lowest BCUT2D eigenvalue weighted by Crippen LogP contribution is -2.47. The number of carbonyl (C=O) groups excluding carboxylic acids is 1. The SMILES string of the molecule is COCC1CCN(C(=O)NC(C)CCCC(=O)O)CC1. The molecule has 0 aromatic heterocycles. The predicted octanol–water partition coefficient (Wildman–Crippen LogP) is 1.70. The molecule has 116 valence electrons. The van der Waals surface area contributed by atoms with Gasteiger partial charge in [0.2, 0.25) is 0 Å². The monoisotopic (exact) mass is 286 g/mol. The van der Waals surface area contributed by atoms with Crippen molar-refractivity contribution in [2.75, 3.05) is 26.8 Å². The van der Waals surface area contributed by atoms with Crippen LogP contribution in [0, 0.1) is 5.92 Å². The molecule has 6 nitrogen and oxygen atoms in total. The molecule has 6 heteroatoms. The summed E-state index contributed by atoms with van der Waals surface area (Å²) in [6.45, 7) is 4.21. The zero-order valence-corrected chi connectivity index (χ0v) is 12.4. The first-order valence-electron chi connectivity index (χ1n) is 7.29. The number of rotatable bonds is 7. The Bertz CT molecular complexity index is 314. The van der Waals surface area contributed by atoms with Crippen molar-refractivity contribution in [3.63, 3.8) is 0 Å². The van der Waals surface area contributed by atoms with Crippen molar-refractivity contribution < 1.29 is 19.4 Å². The second-order valence-corrected chi connectivity index (χ2v) is 5.52. The number of likely N-dealkylation sites (tertiary alicyclic amines) is 1. The average molecular weight is 286 g/mol.